The average molecular weight is 353 g/mol. The molecule has 0 amide bonds. The monoisotopic (exact) mass is 352 g/mol. The van der Waals surface area contributed by atoms with E-state index >= 15 is 0 Å². The fraction of sp³-hybridized carbons (Fsp3) is 0.333. The summed E-state index contributed by atoms with van der Waals surface area (Å²) in [4.78, 5) is 8.65. The normalized spacial score (nSPS) is 12.0. The van der Waals surface area contributed by atoms with Gasteiger partial charge in [-0.1, -0.05) is 19.1 Å². The molecule has 0 radical (unpaired) electrons. The van der Waals surface area contributed by atoms with Crippen molar-refractivity contribution in [2.45, 2.75) is 26.3 Å². The van der Waals surface area contributed by atoms with Crippen LogP contribution in [0.5, 0.6) is 0 Å². The van der Waals surface area contributed by atoms with Gasteiger partial charge in [0.25, 0.3) is 0 Å². The Kier molecular flexibility index (Phi) is 5.50. The third-order valence-electron chi connectivity index (χ3n) is 3.00. The summed E-state index contributed by atoms with van der Waals surface area (Å²) in [5.74, 6) is 1.06. The van der Waals surface area contributed by atoms with E-state index in [-0.39, 0.29) is 11.9 Å². The Hall–Kier alpha value is -1.69. The molecule has 2 aromatic rings. The molecule has 6 heteroatoms. The zero-order chi connectivity index (χ0) is 15.2. The van der Waals surface area contributed by atoms with Crippen LogP contribution in [-0.2, 0) is 0 Å². The minimum Gasteiger partial charge on any atom is -0.362 e. The topological polar surface area (TPSA) is 49.8 Å². The van der Waals surface area contributed by atoms with Gasteiger partial charge in [-0.2, -0.15) is 4.98 Å². The minimum absolute atomic E-state index is 0.0100. The number of aromatic nitrogens is 2. The van der Waals surface area contributed by atoms with Crippen LogP contribution >= 0.6 is 15.9 Å². The third kappa shape index (κ3) is 4.39. The first kappa shape index (κ1) is 15.7. The molecule has 4 nitrogen and oxygen atoms in total. The highest BCUT2D eigenvalue weighted by Crippen LogP contribution is 2.25. The standard InChI is InChI=1S/C15H18BrFN4/c1-3-8-18-15-19-9-13(16)14(21-15)20-10(2)11-4-6-12(17)7-5-11/h4-7,9-10H,3,8H2,1-2H3,(H2,18,19,20,21). The number of benzene rings is 1. The molecular formula is C15H18BrFN4. The van der Waals surface area contributed by atoms with Crippen molar-refractivity contribution in [3.63, 3.8) is 0 Å². The Bertz CT molecular complexity index is 589. The number of anilines is 2. The zero-order valence-corrected chi connectivity index (χ0v) is 13.6. The van der Waals surface area contributed by atoms with Gasteiger partial charge in [-0.05, 0) is 47.0 Å². The molecule has 0 aliphatic heterocycles. The van der Waals surface area contributed by atoms with Crippen LogP contribution in [0.15, 0.2) is 34.9 Å². The van der Waals surface area contributed by atoms with Gasteiger partial charge in [-0.25, -0.2) is 9.37 Å². The highest BCUT2D eigenvalue weighted by molar-refractivity contribution is 9.10. The molecular weight excluding hydrogens is 335 g/mol. The molecule has 0 aliphatic carbocycles. The summed E-state index contributed by atoms with van der Waals surface area (Å²) in [5, 5.41) is 6.45. The molecule has 0 bridgehead atoms. The first-order chi connectivity index (χ1) is 10.1. The molecule has 1 aromatic heterocycles. The largest absolute Gasteiger partial charge is 0.362 e. The lowest BCUT2D eigenvalue weighted by Gasteiger charge is -2.16. The summed E-state index contributed by atoms with van der Waals surface area (Å²) in [6, 6.07) is 6.44. The van der Waals surface area contributed by atoms with Crippen LogP contribution < -0.4 is 10.6 Å². The Labute approximate surface area is 132 Å². The maximum Gasteiger partial charge on any atom is 0.224 e. The Morgan fingerprint density at radius 3 is 2.67 bits per heavy atom. The number of nitrogens with zero attached hydrogens (tertiary/aromatic N) is 2. The van der Waals surface area contributed by atoms with E-state index in [1.165, 1.54) is 12.1 Å². The molecule has 2 N–H and O–H groups in total. The van der Waals surface area contributed by atoms with Crippen molar-refractivity contribution in [1.82, 2.24) is 9.97 Å². The molecule has 0 aliphatic rings. The van der Waals surface area contributed by atoms with E-state index in [2.05, 4.69) is 43.5 Å². The number of hydrogen-bond donors (Lipinski definition) is 2. The molecule has 112 valence electrons. The van der Waals surface area contributed by atoms with Gasteiger partial charge in [0.05, 0.1) is 4.47 Å². The van der Waals surface area contributed by atoms with Crippen molar-refractivity contribution in [2.75, 3.05) is 17.2 Å². The fourth-order valence-corrected chi connectivity index (χ4v) is 2.14. The van der Waals surface area contributed by atoms with Crippen LogP contribution in [0, 0.1) is 5.82 Å². The molecule has 0 fully saturated rings. The predicted molar refractivity (Wildman–Crippen MR) is 87.0 cm³/mol. The Morgan fingerprint density at radius 2 is 2.00 bits per heavy atom. The van der Waals surface area contributed by atoms with E-state index in [0.717, 1.165) is 23.0 Å². The van der Waals surface area contributed by atoms with Gasteiger partial charge < -0.3 is 10.6 Å². The molecule has 1 aromatic carbocycles. The van der Waals surface area contributed by atoms with Crippen molar-refractivity contribution in [2.24, 2.45) is 0 Å². The second-order valence-corrected chi connectivity index (χ2v) is 5.59. The summed E-state index contributed by atoms with van der Waals surface area (Å²) in [6.07, 6.45) is 2.72. The quantitative estimate of drug-likeness (QED) is 0.810. The molecule has 0 saturated carbocycles. The second-order valence-electron chi connectivity index (χ2n) is 4.73. The number of rotatable bonds is 6. The van der Waals surface area contributed by atoms with Gasteiger partial charge in [-0.3, -0.25) is 0 Å². The SMILES string of the molecule is CCCNc1ncc(Br)c(NC(C)c2ccc(F)cc2)n1. The van der Waals surface area contributed by atoms with Crippen molar-refractivity contribution >= 4 is 27.7 Å². The van der Waals surface area contributed by atoms with Crippen LogP contribution in [-0.4, -0.2) is 16.5 Å². The number of nitrogens with one attached hydrogen (secondary N) is 2. The van der Waals surface area contributed by atoms with Crippen LogP contribution in [0.1, 0.15) is 31.9 Å². The highest BCUT2D eigenvalue weighted by atomic mass is 79.9. The first-order valence-corrected chi connectivity index (χ1v) is 7.68. The lowest BCUT2D eigenvalue weighted by Crippen LogP contribution is -2.11. The van der Waals surface area contributed by atoms with Gasteiger partial charge in [0.2, 0.25) is 5.95 Å². The first-order valence-electron chi connectivity index (χ1n) is 6.88. The van der Waals surface area contributed by atoms with Gasteiger partial charge >= 0.3 is 0 Å². The van der Waals surface area contributed by atoms with Gasteiger partial charge in [-0.15, -0.1) is 0 Å². The van der Waals surface area contributed by atoms with Gasteiger partial charge in [0, 0.05) is 18.8 Å². The van der Waals surface area contributed by atoms with E-state index in [1.807, 2.05) is 6.92 Å². The van der Waals surface area contributed by atoms with E-state index in [9.17, 15) is 4.39 Å². The summed E-state index contributed by atoms with van der Waals surface area (Å²) < 4.78 is 13.7. The lowest BCUT2D eigenvalue weighted by molar-refractivity contribution is 0.626. The molecule has 2 rings (SSSR count). The van der Waals surface area contributed by atoms with E-state index in [4.69, 9.17) is 0 Å². The lowest BCUT2D eigenvalue weighted by atomic mass is 10.1. The van der Waals surface area contributed by atoms with Crippen molar-refractivity contribution < 1.29 is 4.39 Å². The smallest absolute Gasteiger partial charge is 0.224 e. The van der Waals surface area contributed by atoms with E-state index in [0.29, 0.717) is 11.8 Å². The maximum atomic E-state index is 13.0. The third-order valence-corrected chi connectivity index (χ3v) is 3.58. The van der Waals surface area contributed by atoms with Crippen LogP contribution in [0.4, 0.5) is 16.2 Å². The van der Waals surface area contributed by atoms with Crippen LogP contribution in [0.3, 0.4) is 0 Å². The average Bonchev–Trinajstić information content (AvgIpc) is 2.48. The van der Waals surface area contributed by atoms with Crippen molar-refractivity contribution in [3.8, 4) is 0 Å². The number of hydrogen-bond acceptors (Lipinski definition) is 4. The van der Waals surface area contributed by atoms with E-state index in [1.54, 1.807) is 18.3 Å². The Morgan fingerprint density at radius 1 is 1.29 bits per heavy atom. The minimum atomic E-state index is -0.236. The predicted octanol–water partition coefficient (Wildman–Crippen LogP) is 4.37. The molecule has 1 atom stereocenters. The molecule has 21 heavy (non-hydrogen) atoms. The van der Waals surface area contributed by atoms with E-state index < -0.39 is 0 Å². The molecule has 1 unspecified atom stereocenters. The summed E-state index contributed by atoms with van der Waals surface area (Å²) in [5.41, 5.74) is 0.991. The fourth-order valence-electron chi connectivity index (χ4n) is 1.83. The second kappa shape index (κ2) is 7.36. The highest BCUT2D eigenvalue weighted by Gasteiger charge is 2.10. The van der Waals surface area contributed by atoms with Gasteiger partial charge in [0.15, 0.2) is 0 Å². The Balaban J connectivity index is 2.12. The van der Waals surface area contributed by atoms with Crippen molar-refractivity contribution in [3.05, 3.63) is 46.3 Å². The number of halogens is 2. The van der Waals surface area contributed by atoms with Crippen LogP contribution in [0.2, 0.25) is 0 Å². The molecule has 0 spiro atoms. The maximum absolute atomic E-state index is 13.0. The summed E-state index contributed by atoms with van der Waals surface area (Å²) in [7, 11) is 0. The zero-order valence-electron chi connectivity index (χ0n) is 12.0. The molecule has 0 saturated heterocycles. The van der Waals surface area contributed by atoms with Gasteiger partial charge in [0.1, 0.15) is 11.6 Å². The van der Waals surface area contributed by atoms with Crippen LogP contribution in [0.25, 0.3) is 0 Å². The summed E-state index contributed by atoms with van der Waals surface area (Å²) in [6.45, 7) is 4.91. The molecule has 1 heterocycles. The summed E-state index contributed by atoms with van der Waals surface area (Å²) >= 11 is 3.44. The van der Waals surface area contributed by atoms with Crippen molar-refractivity contribution in [1.29, 1.82) is 0 Å².